The van der Waals surface area contributed by atoms with E-state index < -0.39 is 16.7 Å². The second-order valence-corrected chi connectivity index (χ2v) is 8.67. The highest BCUT2D eigenvalue weighted by molar-refractivity contribution is 6.07. The Morgan fingerprint density at radius 3 is 2.48 bits per heavy atom. The Labute approximate surface area is 158 Å². The van der Waals surface area contributed by atoms with Crippen molar-refractivity contribution in [2.45, 2.75) is 46.1 Å². The van der Waals surface area contributed by atoms with Gasteiger partial charge in [-0.05, 0) is 37.3 Å². The summed E-state index contributed by atoms with van der Waals surface area (Å²) in [7, 11) is 2.96. The van der Waals surface area contributed by atoms with E-state index in [1.54, 1.807) is 6.08 Å². The Kier molecular flexibility index (Phi) is 3.85. The maximum Gasteiger partial charge on any atom is 0.306 e. The molecule has 27 heavy (non-hydrogen) atoms. The van der Waals surface area contributed by atoms with Gasteiger partial charge in [-0.3, -0.25) is 14.4 Å². The molecule has 6 nitrogen and oxygen atoms in total. The summed E-state index contributed by atoms with van der Waals surface area (Å²) < 4.78 is 16.6. The molecule has 0 amide bonds. The third-order valence-electron chi connectivity index (χ3n) is 7.75. The van der Waals surface area contributed by atoms with Gasteiger partial charge in [-0.15, -0.1) is 0 Å². The van der Waals surface area contributed by atoms with E-state index in [2.05, 4.69) is 0 Å². The van der Waals surface area contributed by atoms with E-state index in [0.29, 0.717) is 24.4 Å². The summed E-state index contributed by atoms with van der Waals surface area (Å²) in [6, 6.07) is 0. The number of Topliss-reactive ketones (excluding diaryl/α,β-unsaturated/α-hetero) is 2. The molecule has 0 spiro atoms. The van der Waals surface area contributed by atoms with Crippen LogP contribution in [0.25, 0.3) is 0 Å². The summed E-state index contributed by atoms with van der Waals surface area (Å²) in [6.07, 6.45) is 2.82. The first-order valence-corrected chi connectivity index (χ1v) is 9.48. The fraction of sp³-hybridized carbons (Fsp3) is 0.667. The van der Waals surface area contributed by atoms with E-state index in [1.807, 2.05) is 20.8 Å². The number of hydrogen-bond donors (Lipinski definition) is 0. The minimum atomic E-state index is -0.908. The number of esters is 1. The lowest BCUT2D eigenvalue weighted by Crippen LogP contribution is -2.68. The molecule has 1 heterocycles. The zero-order valence-corrected chi connectivity index (χ0v) is 16.5. The van der Waals surface area contributed by atoms with Crippen molar-refractivity contribution in [2.75, 3.05) is 14.2 Å². The number of ether oxygens (including phenoxy) is 3. The van der Waals surface area contributed by atoms with Crippen molar-refractivity contribution in [3.05, 3.63) is 23.2 Å². The van der Waals surface area contributed by atoms with Gasteiger partial charge in [-0.25, -0.2) is 0 Å². The molecule has 0 radical (unpaired) electrons. The number of carbonyl (C=O) groups excluding carboxylic acids is 3. The number of methoxy groups -OCH3 is 2. The largest absolute Gasteiger partial charge is 0.493 e. The second-order valence-electron chi connectivity index (χ2n) is 8.67. The molecule has 4 rings (SSSR count). The van der Waals surface area contributed by atoms with Crippen molar-refractivity contribution in [1.29, 1.82) is 0 Å². The summed E-state index contributed by atoms with van der Waals surface area (Å²) in [5.74, 6) is -0.805. The molecular formula is C21H26O6. The van der Waals surface area contributed by atoms with Crippen LogP contribution in [0.3, 0.4) is 0 Å². The summed E-state index contributed by atoms with van der Waals surface area (Å²) in [5.41, 5.74) is -0.751. The summed E-state index contributed by atoms with van der Waals surface area (Å²) in [4.78, 5) is 39.3. The van der Waals surface area contributed by atoms with Crippen LogP contribution < -0.4 is 0 Å². The number of allylic oxidation sites excluding steroid dienone is 4. The molecule has 0 unspecified atom stereocenters. The fourth-order valence-electron chi connectivity index (χ4n) is 6.38. The third-order valence-corrected chi connectivity index (χ3v) is 7.75. The van der Waals surface area contributed by atoms with E-state index in [1.165, 1.54) is 14.2 Å². The van der Waals surface area contributed by atoms with Crippen LogP contribution in [-0.4, -0.2) is 37.9 Å². The van der Waals surface area contributed by atoms with Crippen molar-refractivity contribution in [2.24, 2.45) is 28.6 Å². The molecule has 0 bridgehead atoms. The average Bonchev–Trinajstić information content (AvgIpc) is 2.61. The maximum atomic E-state index is 13.6. The number of carbonyl (C=O) groups is 3. The van der Waals surface area contributed by atoms with Gasteiger partial charge < -0.3 is 14.2 Å². The van der Waals surface area contributed by atoms with Gasteiger partial charge in [-0.2, -0.15) is 0 Å². The molecule has 0 N–H and O–H groups in total. The van der Waals surface area contributed by atoms with Gasteiger partial charge in [0, 0.05) is 22.7 Å². The van der Waals surface area contributed by atoms with E-state index in [9.17, 15) is 14.4 Å². The molecule has 1 saturated heterocycles. The van der Waals surface area contributed by atoms with Gasteiger partial charge in [0.15, 0.2) is 11.5 Å². The van der Waals surface area contributed by atoms with Crippen molar-refractivity contribution < 1.29 is 28.6 Å². The highest BCUT2D eigenvalue weighted by Gasteiger charge is 2.71. The van der Waals surface area contributed by atoms with Crippen LogP contribution >= 0.6 is 0 Å². The molecule has 1 aliphatic heterocycles. The Bertz CT molecular complexity index is 807. The lowest BCUT2D eigenvalue weighted by molar-refractivity contribution is -0.214. The Balaban J connectivity index is 1.96. The maximum absolute atomic E-state index is 13.6. The van der Waals surface area contributed by atoms with Crippen LogP contribution in [0.15, 0.2) is 23.2 Å². The van der Waals surface area contributed by atoms with Crippen molar-refractivity contribution in [3.8, 4) is 0 Å². The van der Waals surface area contributed by atoms with Crippen molar-refractivity contribution >= 4 is 17.5 Å². The Hall–Kier alpha value is -2.11. The zero-order valence-electron chi connectivity index (χ0n) is 16.5. The molecule has 146 valence electrons. The summed E-state index contributed by atoms with van der Waals surface area (Å²) in [6.45, 7) is 5.75. The molecule has 0 aromatic rings. The first-order valence-electron chi connectivity index (χ1n) is 9.48. The predicted octanol–water partition coefficient (Wildman–Crippen LogP) is 2.57. The first kappa shape index (κ1) is 18.3. The van der Waals surface area contributed by atoms with Crippen LogP contribution in [0.4, 0.5) is 0 Å². The van der Waals surface area contributed by atoms with Crippen molar-refractivity contribution in [1.82, 2.24) is 0 Å². The number of hydrogen-bond acceptors (Lipinski definition) is 6. The van der Waals surface area contributed by atoms with Gasteiger partial charge in [0.25, 0.3) is 0 Å². The molecule has 0 aromatic heterocycles. The van der Waals surface area contributed by atoms with Crippen LogP contribution in [-0.2, 0) is 28.6 Å². The molecule has 3 aliphatic carbocycles. The van der Waals surface area contributed by atoms with Crippen LogP contribution in [0, 0.1) is 28.6 Å². The van der Waals surface area contributed by atoms with E-state index in [-0.39, 0.29) is 41.9 Å². The van der Waals surface area contributed by atoms with Gasteiger partial charge >= 0.3 is 5.97 Å². The standard InChI is InChI=1S/C21H26O6/c1-10-12-9-15(22)27-14-8-11-6-7-13(25-4)19(24)20(11,2)18(21(12,14)3)16(23)17(10)26-5/h7,11-12,14,18H,6,8-9H2,1-5H3/t11-,12+,14-,18-,20+,21-/m1/s1. The first-order chi connectivity index (χ1) is 12.7. The molecular weight excluding hydrogens is 348 g/mol. The summed E-state index contributed by atoms with van der Waals surface area (Å²) in [5, 5.41) is 0. The van der Waals surface area contributed by atoms with E-state index in [0.717, 1.165) is 5.57 Å². The van der Waals surface area contributed by atoms with E-state index in [4.69, 9.17) is 14.2 Å². The number of rotatable bonds is 2. The van der Waals surface area contributed by atoms with Crippen LogP contribution in [0.2, 0.25) is 0 Å². The molecule has 6 atom stereocenters. The Morgan fingerprint density at radius 1 is 1.15 bits per heavy atom. The SMILES string of the molecule is COC1=CC[C@@H]2C[C@H]3OC(=O)C[C@H]4C(C)=C(OC)C(=O)[C@H]([C@@]2(C)C1=O)[C@@]34C. The van der Waals surface area contributed by atoms with Gasteiger partial charge in [0.05, 0.1) is 20.6 Å². The van der Waals surface area contributed by atoms with Gasteiger partial charge in [0.1, 0.15) is 6.10 Å². The van der Waals surface area contributed by atoms with Crippen LogP contribution in [0.5, 0.6) is 0 Å². The third kappa shape index (κ3) is 2.04. The molecule has 1 saturated carbocycles. The minimum Gasteiger partial charge on any atom is -0.493 e. The van der Waals surface area contributed by atoms with E-state index >= 15 is 0 Å². The molecule has 0 aromatic carbocycles. The van der Waals surface area contributed by atoms with Gasteiger partial charge in [-0.1, -0.05) is 13.8 Å². The van der Waals surface area contributed by atoms with Crippen LogP contribution in [0.1, 0.15) is 40.0 Å². The number of fused-ring (bicyclic) bond motifs is 2. The highest BCUT2D eigenvalue weighted by Crippen LogP contribution is 2.66. The highest BCUT2D eigenvalue weighted by atomic mass is 16.5. The lowest BCUT2D eigenvalue weighted by atomic mass is 9.41. The fourth-order valence-corrected chi connectivity index (χ4v) is 6.38. The monoisotopic (exact) mass is 374 g/mol. The molecule has 4 aliphatic rings. The Morgan fingerprint density at radius 2 is 1.85 bits per heavy atom. The second kappa shape index (κ2) is 5.69. The average molecular weight is 374 g/mol. The lowest BCUT2D eigenvalue weighted by Gasteiger charge is -2.63. The predicted molar refractivity (Wildman–Crippen MR) is 95.2 cm³/mol. The quantitative estimate of drug-likeness (QED) is 0.691. The summed E-state index contributed by atoms with van der Waals surface area (Å²) >= 11 is 0. The topological polar surface area (TPSA) is 78.9 Å². The normalized spacial score (nSPS) is 43.4. The zero-order chi connectivity index (χ0) is 19.7. The molecule has 6 heteroatoms. The van der Waals surface area contributed by atoms with Gasteiger partial charge in [0.2, 0.25) is 11.6 Å². The minimum absolute atomic E-state index is 0.0843. The number of ketones is 2. The smallest absolute Gasteiger partial charge is 0.306 e. The van der Waals surface area contributed by atoms with Crippen molar-refractivity contribution in [3.63, 3.8) is 0 Å². The molecule has 2 fully saturated rings.